The highest BCUT2D eigenvalue weighted by molar-refractivity contribution is 6.33. The van der Waals surface area contributed by atoms with Crippen LogP contribution in [0.1, 0.15) is 25.0 Å². The Balaban J connectivity index is 1.22. The molecule has 0 unspecified atom stereocenters. The van der Waals surface area contributed by atoms with E-state index < -0.39 is 0 Å². The van der Waals surface area contributed by atoms with Crippen LogP contribution in [0.4, 0.5) is 0 Å². The van der Waals surface area contributed by atoms with Crippen molar-refractivity contribution in [3.63, 3.8) is 0 Å². The molecule has 12 rings (SSSR count). The predicted octanol–water partition coefficient (Wildman–Crippen LogP) is 13.7. The summed E-state index contributed by atoms with van der Waals surface area (Å²) in [5.41, 5.74) is 11.5. The molecule has 0 bridgehead atoms. The van der Waals surface area contributed by atoms with E-state index in [0.29, 0.717) is 17.6 Å². The first-order valence-electron chi connectivity index (χ1n) is 20.0. The summed E-state index contributed by atoms with van der Waals surface area (Å²) >= 11 is 0. The van der Waals surface area contributed by atoms with Crippen molar-refractivity contribution in [2.75, 3.05) is 0 Å². The molecule has 0 saturated heterocycles. The molecule has 58 heavy (non-hydrogen) atoms. The van der Waals surface area contributed by atoms with Crippen molar-refractivity contribution in [3.8, 4) is 51.0 Å². The Kier molecular flexibility index (Phi) is 6.94. The molecule has 4 nitrogen and oxygen atoms in total. The summed E-state index contributed by atoms with van der Waals surface area (Å²) in [7, 11) is 0. The lowest BCUT2D eigenvalue weighted by atomic mass is 9.81. The first kappa shape index (κ1) is 32.8. The summed E-state index contributed by atoms with van der Waals surface area (Å²) in [5, 5.41) is 9.70. The Labute approximate surface area is 335 Å². The van der Waals surface area contributed by atoms with Gasteiger partial charge in [0.05, 0.1) is 11.0 Å². The lowest BCUT2D eigenvalue weighted by molar-refractivity contribution is 0.661. The van der Waals surface area contributed by atoms with Crippen molar-refractivity contribution in [1.82, 2.24) is 19.5 Å². The molecule has 11 aromatic rings. The normalized spacial score (nSPS) is 13.1. The van der Waals surface area contributed by atoms with Crippen LogP contribution < -0.4 is 0 Å². The van der Waals surface area contributed by atoms with Gasteiger partial charge in [-0.1, -0.05) is 190 Å². The first-order valence-corrected chi connectivity index (χ1v) is 20.0. The molecule has 0 aliphatic heterocycles. The predicted molar refractivity (Wildman–Crippen MR) is 241 cm³/mol. The molecule has 1 aliphatic rings. The molecule has 0 fully saturated rings. The fourth-order valence-electron chi connectivity index (χ4n) is 9.73. The van der Waals surface area contributed by atoms with Gasteiger partial charge in [-0.25, -0.2) is 4.98 Å². The number of benzene rings is 9. The van der Waals surface area contributed by atoms with E-state index in [9.17, 15) is 0 Å². The number of aromatic nitrogens is 4. The maximum absolute atomic E-state index is 5.37. The van der Waals surface area contributed by atoms with Crippen LogP contribution in [0.25, 0.3) is 105 Å². The number of fused-ring (bicyclic) bond motifs is 13. The molecule has 2 heterocycles. The average Bonchev–Trinajstić information content (AvgIpc) is 3.76. The van der Waals surface area contributed by atoms with E-state index in [0.717, 1.165) is 44.1 Å². The molecule has 272 valence electrons. The summed E-state index contributed by atoms with van der Waals surface area (Å²) in [6.45, 7) is 4.74. The minimum Gasteiger partial charge on any atom is -0.277 e. The minimum absolute atomic E-state index is 0.179. The molecule has 2 aromatic heterocycles. The van der Waals surface area contributed by atoms with Crippen LogP contribution in [0.15, 0.2) is 182 Å². The standard InChI is InChI=1S/C54H36N4/c1-54(2)45-31-29-33-16-9-10-21-37(33)47(45)43-30-28-36(32-46(43)54)38-26-15-27-44-48-41-24-13-11-22-39(41)40-23-12-14-25-42(40)50(48)58(49(38)44)53-56-51(34-17-5-3-6-18-34)55-52(57-53)35-19-7-4-8-20-35/h3-32H,1-2H3. The van der Waals surface area contributed by atoms with Crippen LogP contribution in [0.3, 0.4) is 0 Å². The highest BCUT2D eigenvalue weighted by Gasteiger charge is 2.37. The van der Waals surface area contributed by atoms with E-state index in [1.165, 1.54) is 54.6 Å². The van der Waals surface area contributed by atoms with Crippen LogP contribution in [0.2, 0.25) is 0 Å². The number of nitrogens with zero attached hydrogens (tertiary/aromatic N) is 4. The zero-order valence-corrected chi connectivity index (χ0v) is 32.1. The van der Waals surface area contributed by atoms with Crippen molar-refractivity contribution in [2.24, 2.45) is 0 Å². The highest BCUT2D eigenvalue weighted by Crippen LogP contribution is 2.53. The maximum atomic E-state index is 5.37. The van der Waals surface area contributed by atoms with Gasteiger partial charge in [-0.15, -0.1) is 0 Å². The van der Waals surface area contributed by atoms with Crippen LogP contribution in [0, 0.1) is 0 Å². The summed E-state index contributed by atoms with van der Waals surface area (Å²) in [4.78, 5) is 15.8. The SMILES string of the molecule is CC1(C)c2cc(-c3cccc4c5c6ccccc6c6ccccc6c5n(-c5nc(-c6ccccc6)nc(-c6ccccc6)n5)c34)ccc2-c2c1ccc1ccccc21. The Hall–Kier alpha value is -7.43. The molecular formula is C54H36N4. The third-order valence-corrected chi connectivity index (χ3v) is 12.4. The number of para-hydroxylation sites is 1. The van der Waals surface area contributed by atoms with Crippen LogP contribution >= 0.6 is 0 Å². The third kappa shape index (κ3) is 4.66. The minimum atomic E-state index is -0.179. The van der Waals surface area contributed by atoms with Gasteiger partial charge in [0.1, 0.15) is 0 Å². The smallest absolute Gasteiger partial charge is 0.238 e. The molecule has 0 N–H and O–H groups in total. The maximum Gasteiger partial charge on any atom is 0.238 e. The third-order valence-electron chi connectivity index (χ3n) is 12.4. The van der Waals surface area contributed by atoms with Gasteiger partial charge in [0, 0.05) is 38.3 Å². The second kappa shape index (κ2) is 12.3. The molecular weight excluding hydrogens is 705 g/mol. The van der Waals surface area contributed by atoms with Crippen LogP contribution in [-0.4, -0.2) is 19.5 Å². The number of hydrogen-bond acceptors (Lipinski definition) is 3. The van der Waals surface area contributed by atoms with E-state index in [1.54, 1.807) is 0 Å². The monoisotopic (exact) mass is 740 g/mol. The van der Waals surface area contributed by atoms with Crippen molar-refractivity contribution in [3.05, 3.63) is 193 Å². The van der Waals surface area contributed by atoms with Crippen LogP contribution in [-0.2, 0) is 5.41 Å². The molecule has 1 aliphatic carbocycles. The van der Waals surface area contributed by atoms with Crippen molar-refractivity contribution in [2.45, 2.75) is 19.3 Å². The Bertz CT molecular complexity index is 3410. The highest BCUT2D eigenvalue weighted by atomic mass is 15.2. The van der Waals surface area contributed by atoms with E-state index in [2.05, 4.69) is 164 Å². The van der Waals surface area contributed by atoms with Crippen LogP contribution in [0.5, 0.6) is 0 Å². The van der Waals surface area contributed by atoms with Gasteiger partial charge in [-0.3, -0.25) is 4.57 Å². The fourth-order valence-corrected chi connectivity index (χ4v) is 9.73. The summed E-state index contributed by atoms with van der Waals surface area (Å²) in [6.07, 6.45) is 0. The Morgan fingerprint density at radius 1 is 0.397 bits per heavy atom. The van der Waals surface area contributed by atoms with Crippen molar-refractivity contribution < 1.29 is 0 Å². The summed E-state index contributed by atoms with van der Waals surface area (Å²) in [5.74, 6) is 1.85. The van der Waals surface area contributed by atoms with Gasteiger partial charge in [-0.2, -0.15) is 9.97 Å². The number of hydrogen-bond donors (Lipinski definition) is 0. The van der Waals surface area contributed by atoms with Gasteiger partial charge in [0.15, 0.2) is 11.6 Å². The molecule has 0 atom stereocenters. The lowest BCUT2D eigenvalue weighted by Gasteiger charge is -2.22. The molecule has 0 radical (unpaired) electrons. The Morgan fingerprint density at radius 3 is 1.69 bits per heavy atom. The van der Waals surface area contributed by atoms with Crippen molar-refractivity contribution in [1.29, 1.82) is 0 Å². The topological polar surface area (TPSA) is 43.6 Å². The van der Waals surface area contributed by atoms with E-state index in [-0.39, 0.29) is 5.41 Å². The van der Waals surface area contributed by atoms with Crippen molar-refractivity contribution >= 4 is 54.1 Å². The largest absolute Gasteiger partial charge is 0.277 e. The summed E-state index contributed by atoms with van der Waals surface area (Å²) < 4.78 is 2.33. The first-order chi connectivity index (χ1) is 28.5. The fraction of sp³-hybridized carbons (Fsp3) is 0.0556. The molecule has 4 heteroatoms. The zero-order chi connectivity index (χ0) is 38.5. The van der Waals surface area contributed by atoms with E-state index in [4.69, 9.17) is 15.0 Å². The molecule has 0 spiro atoms. The lowest BCUT2D eigenvalue weighted by Crippen LogP contribution is -2.15. The molecule has 0 saturated carbocycles. The van der Waals surface area contributed by atoms with Gasteiger partial charge in [0.25, 0.3) is 0 Å². The van der Waals surface area contributed by atoms with Gasteiger partial charge < -0.3 is 0 Å². The van der Waals surface area contributed by atoms with E-state index in [1.807, 2.05) is 36.4 Å². The second-order valence-corrected chi connectivity index (χ2v) is 16.0. The molecule has 9 aromatic carbocycles. The molecule has 0 amide bonds. The van der Waals surface area contributed by atoms with E-state index >= 15 is 0 Å². The summed E-state index contributed by atoms with van der Waals surface area (Å²) in [6, 6.07) is 65.3. The second-order valence-electron chi connectivity index (χ2n) is 16.0. The average molecular weight is 741 g/mol. The quantitative estimate of drug-likeness (QED) is 0.169. The van der Waals surface area contributed by atoms with Gasteiger partial charge >= 0.3 is 0 Å². The Morgan fingerprint density at radius 2 is 0.983 bits per heavy atom. The zero-order valence-electron chi connectivity index (χ0n) is 32.1. The van der Waals surface area contributed by atoms with Gasteiger partial charge in [0.2, 0.25) is 5.95 Å². The van der Waals surface area contributed by atoms with Gasteiger partial charge in [-0.05, 0) is 60.8 Å². The number of rotatable bonds is 4.